The monoisotopic (exact) mass is 245 g/mol. The van der Waals surface area contributed by atoms with Crippen LogP contribution in [-0.4, -0.2) is 20.6 Å². The number of amides is 1. The van der Waals surface area contributed by atoms with E-state index >= 15 is 0 Å². The molecule has 16 heavy (non-hydrogen) atoms. The number of sulfonamides is 1. The fourth-order valence-corrected chi connectivity index (χ4v) is 2.42. The SMILES string of the molecule is CC(C)C1=CCC(C(=O)NS(C)(=O)=O)CC1. The molecule has 0 saturated heterocycles. The highest BCUT2D eigenvalue weighted by molar-refractivity contribution is 7.89. The molecule has 4 nitrogen and oxygen atoms in total. The average Bonchev–Trinajstić information content (AvgIpc) is 2.15. The number of hydrogen-bond donors (Lipinski definition) is 1. The van der Waals surface area contributed by atoms with Gasteiger partial charge in [0.1, 0.15) is 0 Å². The molecule has 0 aliphatic heterocycles. The van der Waals surface area contributed by atoms with Crippen LogP contribution in [0.5, 0.6) is 0 Å². The summed E-state index contributed by atoms with van der Waals surface area (Å²) in [5.41, 5.74) is 1.36. The molecule has 1 amide bonds. The highest BCUT2D eigenvalue weighted by atomic mass is 32.2. The third-order valence-electron chi connectivity index (χ3n) is 2.84. The van der Waals surface area contributed by atoms with Crippen LogP contribution in [0, 0.1) is 11.8 Å². The summed E-state index contributed by atoms with van der Waals surface area (Å²) in [4.78, 5) is 11.6. The van der Waals surface area contributed by atoms with Crippen LogP contribution in [0.4, 0.5) is 0 Å². The topological polar surface area (TPSA) is 63.2 Å². The first-order valence-electron chi connectivity index (χ1n) is 5.50. The van der Waals surface area contributed by atoms with Crippen LogP contribution in [0.3, 0.4) is 0 Å². The van der Waals surface area contributed by atoms with E-state index in [4.69, 9.17) is 0 Å². The first-order valence-corrected chi connectivity index (χ1v) is 7.39. The van der Waals surface area contributed by atoms with E-state index in [9.17, 15) is 13.2 Å². The molecule has 1 rings (SSSR count). The van der Waals surface area contributed by atoms with E-state index < -0.39 is 10.0 Å². The van der Waals surface area contributed by atoms with Crippen LogP contribution in [-0.2, 0) is 14.8 Å². The molecular formula is C11H19NO3S. The lowest BCUT2D eigenvalue weighted by Gasteiger charge is -2.22. The molecule has 1 unspecified atom stereocenters. The summed E-state index contributed by atoms with van der Waals surface area (Å²) in [5.74, 6) is -0.0577. The van der Waals surface area contributed by atoms with Gasteiger partial charge in [-0.2, -0.15) is 0 Å². The van der Waals surface area contributed by atoms with Crippen LogP contribution in [0.1, 0.15) is 33.1 Å². The molecule has 1 aliphatic rings. The molecule has 1 N–H and O–H groups in total. The molecule has 0 aromatic carbocycles. The number of carbonyl (C=O) groups is 1. The van der Waals surface area contributed by atoms with Crippen molar-refractivity contribution in [1.29, 1.82) is 0 Å². The Morgan fingerprint density at radius 3 is 2.50 bits per heavy atom. The summed E-state index contributed by atoms with van der Waals surface area (Å²) in [6.07, 6.45) is 5.35. The van der Waals surface area contributed by atoms with Crippen molar-refractivity contribution in [3.8, 4) is 0 Å². The number of allylic oxidation sites excluding steroid dienone is 2. The quantitative estimate of drug-likeness (QED) is 0.765. The summed E-state index contributed by atoms with van der Waals surface area (Å²) < 4.78 is 23.9. The summed E-state index contributed by atoms with van der Waals surface area (Å²) in [6, 6.07) is 0. The van der Waals surface area contributed by atoms with Crippen molar-refractivity contribution >= 4 is 15.9 Å². The molecule has 5 heteroatoms. The Labute approximate surface area is 97.2 Å². The van der Waals surface area contributed by atoms with Gasteiger partial charge in [0, 0.05) is 5.92 Å². The lowest BCUT2D eigenvalue weighted by molar-refractivity contribution is -0.123. The van der Waals surface area contributed by atoms with Crippen molar-refractivity contribution in [3.05, 3.63) is 11.6 Å². The summed E-state index contributed by atoms with van der Waals surface area (Å²) in [5, 5.41) is 0. The zero-order valence-corrected chi connectivity index (χ0v) is 10.8. The maximum Gasteiger partial charge on any atom is 0.236 e. The first-order chi connectivity index (χ1) is 7.29. The molecule has 1 aliphatic carbocycles. The van der Waals surface area contributed by atoms with Gasteiger partial charge in [-0.25, -0.2) is 8.42 Å². The van der Waals surface area contributed by atoms with Gasteiger partial charge in [-0.1, -0.05) is 25.5 Å². The highest BCUT2D eigenvalue weighted by Gasteiger charge is 2.24. The molecule has 0 saturated carbocycles. The standard InChI is InChI=1S/C11H19NO3S/c1-8(2)9-4-6-10(7-5-9)11(13)12-16(3,14)15/h4,8,10H,5-7H2,1-3H3,(H,12,13). The lowest BCUT2D eigenvalue weighted by Crippen LogP contribution is -2.35. The van der Waals surface area contributed by atoms with Gasteiger partial charge in [0.2, 0.25) is 15.9 Å². The molecule has 92 valence electrons. The largest absolute Gasteiger partial charge is 0.274 e. The number of nitrogens with one attached hydrogen (secondary N) is 1. The average molecular weight is 245 g/mol. The predicted molar refractivity (Wildman–Crippen MR) is 63.2 cm³/mol. The molecule has 0 spiro atoms. The van der Waals surface area contributed by atoms with E-state index in [0.717, 1.165) is 19.1 Å². The Morgan fingerprint density at radius 2 is 2.12 bits per heavy atom. The van der Waals surface area contributed by atoms with Gasteiger partial charge in [-0.05, 0) is 25.2 Å². The Bertz CT molecular complexity index is 395. The van der Waals surface area contributed by atoms with E-state index in [-0.39, 0.29) is 11.8 Å². The van der Waals surface area contributed by atoms with Gasteiger partial charge in [0.05, 0.1) is 6.26 Å². The summed E-state index contributed by atoms with van der Waals surface area (Å²) in [7, 11) is -3.42. The van der Waals surface area contributed by atoms with Gasteiger partial charge in [0.15, 0.2) is 0 Å². The Morgan fingerprint density at radius 1 is 1.50 bits per heavy atom. The normalized spacial score (nSPS) is 21.8. The van der Waals surface area contributed by atoms with E-state index in [1.807, 2.05) is 4.72 Å². The molecule has 0 aromatic rings. The Balaban J connectivity index is 2.58. The minimum Gasteiger partial charge on any atom is -0.274 e. The van der Waals surface area contributed by atoms with Crippen LogP contribution in [0.25, 0.3) is 0 Å². The summed E-state index contributed by atoms with van der Waals surface area (Å²) >= 11 is 0. The summed E-state index contributed by atoms with van der Waals surface area (Å²) in [6.45, 7) is 4.26. The fourth-order valence-electron chi connectivity index (χ4n) is 1.88. The first kappa shape index (κ1) is 13.2. The third kappa shape index (κ3) is 3.96. The molecule has 0 fully saturated rings. The van der Waals surface area contributed by atoms with Crippen molar-refractivity contribution < 1.29 is 13.2 Å². The van der Waals surface area contributed by atoms with Crippen molar-refractivity contribution in [3.63, 3.8) is 0 Å². The molecule has 0 radical (unpaired) electrons. The number of carbonyl (C=O) groups excluding carboxylic acids is 1. The minimum absolute atomic E-state index is 0.197. The van der Waals surface area contributed by atoms with E-state index in [1.165, 1.54) is 5.57 Å². The Hall–Kier alpha value is -0.840. The van der Waals surface area contributed by atoms with Gasteiger partial charge in [-0.3, -0.25) is 9.52 Å². The molecule has 0 bridgehead atoms. The van der Waals surface area contributed by atoms with Crippen LogP contribution < -0.4 is 4.72 Å². The Kier molecular flexibility index (Phi) is 4.13. The molecule has 0 heterocycles. The van der Waals surface area contributed by atoms with E-state index in [2.05, 4.69) is 19.9 Å². The maximum atomic E-state index is 11.6. The second-order valence-electron chi connectivity index (χ2n) is 4.64. The molecule has 0 aromatic heterocycles. The molecule has 1 atom stereocenters. The van der Waals surface area contributed by atoms with Gasteiger partial charge >= 0.3 is 0 Å². The van der Waals surface area contributed by atoms with Crippen molar-refractivity contribution in [2.24, 2.45) is 11.8 Å². The predicted octanol–water partition coefficient (Wildman–Crippen LogP) is 1.44. The highest BCUT2D eigenvalue weighted by Crippen LogP contribution is 2.27. The minimum atomic E-state index is -3.42. The second-order valence-corrected chi connectivity index (χ2v) is 6.39. The van der Waals surface area contributed by atoms with Gasteiger partial charge < -0.3 is 0 Å². The van der Waals surface area contributed by atoms with E-state index in [0.29, 0.717) is 12.3 Å². The zero-order valence-electron chi connectivity index (χ0n) is 9.99. The van der Waals surface area contributed by atoms with Crippen LogP contribution in [0.2, 0.25) is 0 Å². The number of hydrogen-bond acceptors (Lipinski definition) is 3. The number of rotatable bonds is 3. The van der Waals surface area contributed by atoms with Crippen LogP contribution in [0.15, 0.2) is 11.6 Å². The van der Waals surface area contributed by atoms with Crippen molar-refractivity contribution in [2.75, 3.05) is 6.26 Å². The van der Waals surface area contributed by atoms with Crippen LogP contribution >= 0.6 is 0 Å². The fraction of sp³-hybridized carbons (Fsp3) is 0.727. The zero-order chi connectivity index (χ0) is 12.3. The van der Waals surface area contributed by atoms with E-state index in [1.54, 1.807) is 0 Å². The van der Waals surface area contributed by atoms with Crippen molar-refractivity contribution in [2.45, 2.75) is 33.1 Å². The third-order valence-corrected chi connectivity index (χ3v) is 3.42. The maximum absolute atomic E-state index is 11.6. The smallest absolute Gasteiger partial charge is 0.236 e. The van der Waals surface area contributed by atoms with Gasteiger partial charge in [0.25, 0.3) is 0 Å². The second kappa shape index (κ2) is 4.99. The van der Waals surface area contributed by atoms with Gasteiger partial charge in [-0.15, -0.1) is 0 Å². The van der Waals surface area contributed by atoms with Crippen molar-refractivity contribution in [1.82, 2.24) is 4.72 Å². The lowest BCUT2D eigenvalue weighted by atomic mass is 9.85. The molecular weight excluding hydrogens is 226 g/mol.